The maximum absolute atomic E-state index is 6.49. The lowest BCUT2D eigenvalue weighted by molar-refractivity contribution is -0.00185. The van der Waals surface area contributed by atoms with Crippen molar-refractivity contribution in [2.24, 2.45) is 0 Å². The van der Waals surface area contributed by atoms with E-state index in [1.165, 1.54) is 5.56 Å². The number of piperidine rings is 1. The molecule has 2 aliphatic heterocycles. The number of anilines is 1. The fourth-order valence-corrected chi connectivity index (χ4v) is 3.72. The number of nitrogens with zero attached hydrogens (tertiary/aromatic N) is 1. The Balaban J connectivity index is 1.42. The molecule has 1 fully saturated rings. The van der Waals surface area contributed by atoms with Gasteiger partial charge in [0.05, 0.1) is 5.69 Å². The van der Waals surface area contributed by atoms with Gasteiger partial charge in [-0.05, 0) is 30.5 Å². The summed E-state index contributed by atoms with van der Waals surface area (Å²) in [7, 11) is 0. The van der Waals surface area contributed by atoms with Crippen LogP contribution in [-0.4, -0.2) is 30.1 Å². The summed E-state index contributed by atoms with van der Waals surface area (Å²) in [6.07, 6.45) is 3.30. The molecule has 3 nitrogen and oxygen atoms in total. The molecule has 0 aliphatic carbocycles. The summed E-state index contributed by atoms with van der Waals surface area (Å²) >= 11 is 0. The minimum atomic E-state index is 0.00674. The van der Waals surface area contributed by atoms with Crippen molar-refractivity contribution in [1.82, 2.24) is 4.90 Å². The minimum absolute atomic E-state index is 0.00674. The number of fused-ring (bicyclic) bond motifs is 1. The Kier molecular flexibility index (Phi) is 3.96. The van der Waals surface area contributed by atoms with Gasteiger partial charge in [-0.15, -0.1) is 0 Å². The maximum atomic E-state index is 6.49. The lowest BCUT2D eigenvalue weighted by atomic mass is 9.87. The van der Waals surface area contributed by atoms with Crippen molar-refractivity contribution in [3.63, 3.8) is 0 Å². The van der Waals surface area contributed by atoms with Crippen molar-refractivity contribution in [2.45, 2.75) is 31.4 Å². The summed E-state index contributed by atoms with van der Waals surface area (Å²) in [6, 6.07) is 19.1. The first-order chi connectivity index (χ1) is 11.3. The van der Waals surface area contributed by atoms with Gasteiger partial charge in [0.25, 0.3) is 0 Å². The van der Waals surface area contributed by atoms with Crippen molar-refractivity contribution >= 4 is 5.69 Å². The van der Waals surface area contributed by atoms with Crippen LogP contribution in [-0.2, 0) is 6.54 Å². The van der Waals surface area contributed by atoms with Gasteiger partial charge in [0, 0.05) is 32.6 Å². The monoisotopic (exact) mass is 308 g/mol. The molecule has 2 aromatic rings. The molecule has 0 atom stereocenters. The molecule has 2 heterocycles. The van der Waals surface area contributed by atoms with E-state index in [0.29, 0.717) is 0 Å². The van der Waals surface area contributed by atoms with Crippen LogP contribution in [0.4, 0.5) is 5.69 Å². The molecule has 1 saturated heterocycles. The number of rotatable bonds is 2. The van der Waals surface area contributed by atoms with Gasteiger partial charge >= 0.3 is 0 Å². The van der Waals surface area contributed by atoms with Crippen LogP contribution < -0.4 is 10.1 Å². The Morgan fingerprint density at radius 1 is 0.913 bits per heavy atom. The van der Waals surface area contributed by atoms with E-state index in [0.717, 1.165) is 56.9 Å². The molecule has 0 saturated carbocycles. The molecule has 0 aromatic heterocycles. The number of nitrogens with one attached hydrogen (secondary N) is 1. The third-order valence-corrected chi connectivity index (χ3v) is 5.13. The van der Waals surface area contributed by atoms with Gasteiger partial charge in [0.15, 0.2) is 0 Å². The summed E-state index contributed by atoms with van der Waals surface area (Å²) in [5, 5.41) is 3.51. The average Bonchev–Trinajstić information content (AvgIpc) is 2.77. The molecule has 0 radical (unpaired) electrons. The third-order valence-electron chi connectivity index (χ3n) is 5.13. The van der Waals surface area contributed by atoms with Crippen molar-refractivity contribution in [3.8, 4) is 5.75 Å². The van der Waals surface area contributed by atoms with Gasteiger partial charge in [-0.1, -0.05) is 42.5 Å². The first-order valence-corrected chi connectivity index (χ1v) is 8.61. The minimum Gasteiger partial charge on any atom is -0.485 e. The standard InChI is InChI=1S/C20H24N2O/c1-2-6-17(7-3-1)16-22-14-11-20(12-15-22)10-13-21-18-8-4-5-9-19(18)23-20/h1-9,21H,10-16H2. The molecule has 1 N–H and O–H groups in total. The molecule has 3 heteroatoms. The second-order valence-corrected chi connectivity index (χ2v) is 6.72. The van der Waals surface area contributed by atoms with E-state index >= 15 is 0 Å². The Bertz CT molecular complexity index is 648. The van der Waals surface area contributed by atoms with Gasteiger partial charge in [-0.3, -0.25) is 4.90 Å². The smallest absolute Gasteiger partial charge is 0.143 e. The topological polar surface area (TPSA) is 24.5 Å². The molecule has 120 valence electrons. The van der Waals surface area contributed by atoms with E-state index in [-0.39, 0.29) is 5.60 Å². The number of benzene rings is 2. The summed E-state index contributed by atoms with van der Waals surface area (Å²) < 4.78 is 6.49. The van der Waals surface area contributed by atoms with Gasteiger partial charge in [0.2, 0.25) is 0 Å². The quantitative estimate of drug-likeness (QED) is 0.910. The van der Waals surface area contributed by atoms with Gasteiger partial charge < -0.3 is 10.1 Å². The van der Waals surface area contributed by atoms with E-state index in [4.69, 9.17) is 4.74 Å². The van der Waals surface area contributed by atoms with Crippen molar-refractivity contribution < 1.29 is 4.74 Å². The van der Waals surface area contributed by atoms with Crippen LogP contribution in [0.25, 0.3) is 0 Å². The van der Waals surface area contributed by atoms with Crippen LogP contribution in [0.5, 0.6) is 5.75 Å². The van der Waals surface area contributed by atoms with E-state index in [2.05, 4.69) is 64.8 Å². The molecule has 2 aliphatic rings. The fraction of sp³-hybridized carbons (Fsp3) is 0.400. The van der Waals surface area contributed by atoms with Crippen LogP contribution in [0.3, 0.4) is 0 Å². The maximum Gasteiger partial charge on any atom is 0.143 e. The highest BCUT2D eigenvalue weighted by molar-refractivity contribution is 5.57. The summed E-state index contributed by atoms with van der Waals surface area (Å²) in [5.74, 6) is 1.02. The van der Waals surface area contributed by atoms with Crippen LogP contribution >= 0.6 is 0 Å². The zero-order chi connectivity index (χ0) is 15.5. The molecule has 23 heavy (non-hydrogen) atoms. The first kappa shape index (κ1) is 14.6. The average molecular weight is 308 g/mol. The Morgan fingerprint density at radius 3 is 2.48 bits per heavy atom. The van der Waals surface area contributed by atoms with Crippen LogP contribution in [0.1, 0.15) is 24.8 Å². The van der Waals surface area contributed by atoms with Crippen molar-refractivity contribution in [2.75, 3.05) is 25.0 Å². The van der Waals surface area contributed by atoms with Crippen LogP contribution in [0, 0.1) is 0 Å². The number of likely N-dealkylation sites (tertiary alicyclic amines) is 1. The van der Waals surface area contributed by atoms with Crippen molar-refractivity contribution in [1.29, 1.82) is 0 Å². The van der Waals surface area contributed by atoms with Crippen molar-refractivity contribution in [3.05, 3.63) is 60.2 Å². The molecule has 2 aromatic carbocycles. The van der Waals surface area contributed by atoms with E-state index < -0.39 is 0 Å². The molecular formula is C20H24N2O. The highest BCUT2D eigenvalue weighted by Crippen LogP contribution is 2.38. The normalized spacial score (nSPS) is 20.2. The molecule has 0 unspecified atom stereocenters. The molecule has 4 rings (SSSR count). The summed E-state index contributed by atoms with van der Waals surface area (Å²) in [5.41, 5.74) is 2.54. The summed E-state index contributed by atoms with van der Waals surface area (Å²) in [6.45, 7) is 4.26. The summed E-state index contributed by atoms with van der Waals surface area (Å²) in [4.78, 5) is 2.55. The largest absolute Gasteiger partial charge is 0.485 e. The molecule has 1 spiro atoms. The highest BCUT2D eigenvalue weighted by atomic mass is 16.5. The first-order valence-electron chi connectivity index (χ1n) is 8.61. The lowest BCUT2D eigenvalue weighted by Crippen LogP contribution is -2.48. The number of hydrogen-bond donors (Lipinski definition) is 1. The Labute approximate surface area is 138 Å². The number of ether oxygens (including phenoxy) is 1. The Morgan fingerprint density at radius 2 is 1.65 bits per heavy atom. The predicted molar refractivity (Wildman–Crippen MR) is 93.9 cm³/mol. The number of para-hydroxylation sites is 2. The van der Waals surface area contributed by atoms with Crippen LogP contribution in [0.15, 0.2) is 54.6 Å². The molecule has 0 bridgehead atoms. The zero-order valence-corrected chi connectivity index (χ0v) is 13.5. The lowest BCUT2D eigenvalue weighted by Gasteiger charge is -2.41. The van der Waals surface area contributed by atoms with Gasteiger partial charge in [0.1, 0.15) is 11.4 Å². The molecular weight excluding hydrogens is 284 g/mol. The predicted octanol–water partition coefficient (Wildman–Crippen LogP) is 3.92. The number of hydrogen-bond acceptors (Lipinski definition) is 3. The van der Waals surface area contributed by atoms with Gasteiger partial charge in [-0.2, -0.15) is 0 Å². The van der Waals surface area contributed by atoms with E-state index in [9.17, 15) is 0 Å². The highest BCUT2D eigenvalue weighted by Gasteiger charge is 2.38. The Hall–Kier alpha value is -2.00. The second kappa shape index (κ2) is 6.25. The molecule has 0 amide bonds. The SMILES string of the molecule is c1ccc(CN2CCC3(CCNc4ccccc4O3)CC2)cc1. The second-order valence-electron chi connectivity index (χ2n) is 6.72. The zero-order valence-electron chi connectivity index (χ0n) is 13.5. The third kappa shape index (κ3) is 3.20. The van der Waals surface area contributed by atoms with E-state index in [1.807, 2.05) is 0 Å². The van der Waals surface area contributed by atoms with E-state index in [1.54, 1.807) is 0 Å². The van der Waals surface area contributed by atoms with Gasteiger partial charge in [-0.25, -0.2) is 0 Å². The fourth-order valence-electron chi connectivity index (χ4n) is 3.72. The van der Waals surface area contributed by atoms with Crippen LogP contribution in [0.2, 0.25) is 0 Å².